The maximum absolute atomic E-state index is 5.85. The highest BCUT2D eigenvalue weighted by molar-refractivity contribution is 6.30. The number of halogens is 1. The Balaban J connectivity index is 1.85. The quantitative estimate of drug-likeness (QED) is 0.592. The van der Waals surface area contributed by atoms with Crippen LogP contribution < -0.4 is 5.43 Å². The number of anilines is 1. The first-order valence-corrected chi connectivity index (χ1v) is 7.28. The molecule has 0 fully saturated rings. The van der Waals surface area contributed by atoms with E-state index < -0.39 is 0 Å². The van der Waals surface area contributed by atoms with Crippen molar-refractivity contribution in [3.05, 3.63) is 52.2 Å². The zero-order chi connectivity index (χ0) is 15.7. The molecule has 0 atom stereocenters. The van der Waals surface area contributed by atoms with Crippen LogP contribution in [0, 0.1) is 13.8 Å². The molecule has 5 nitrogen and oxygen atoms in total. The topological polar surface area (TPSA) is 55.1 Å². The second kappa shape index (κ2) is 5.77. The molecule has 2 heterocycles. The third-order valence-electron chi connectivity index (χ3n) is 3.43. The minimum Gasteiger partial charge on any atom is -0.261 e. The maximum atomic E-state index is 5.85. The first-order valence-electron chi connectivity index (χ1n) is 6.90. The number of aryl methyl sites for hydroxylation is 3. The lowest BCUT2D eigenvalue weighted by atomic mass is 10.1. The lowest BCUT2D eigenvalue weighted by Crippen LogP contribution is -1.98. The zero-order valence-electron chi connectivity index (χ0n) is 12.6. The van der Waals surface area contributed by atoms with Crippen LogP contribution in [0.25, 0.3) is 11.0 Å². The predicted octanol–water partition coefficient (Wildman–Crippen LogP) is 3.68. The fraction of sp³-hybridized carbons (Fsp3) is 0.188. The average Bonchev–Trinajstić information content (AvgIpc) is 2.76. The lowest BCUT2D eigenvalue weighted by Gasteiger charge is -2.03. The molecule has 0 unspecified atom stereocenters. The van der Waals surface area contributed by atoms with E-state index >= 15 is 0 Å². The van der Waals surface area contributed by atoms with Crippen molar-refractivity contribution in [2.75, 3.05) is 5.43 Å². The van der Waals surface area contributed by atoms with Crippen molar-refractivity contribution in [2.24, 2.45) is 12.1 Å². The molecule has 3 aromatic rings. The van der Waals surface area contributed by atoms with Crippen LogP contribution in [0.5, 0.6) is 0 Å². The molecule has 0 spiro atoms. The van der Waals surface area contributed by atoms with Gasteiger partial charge >= 0.3 is 0 Å². The van der Waals surface area contributed by atoms with E-state index in [0.717, 1.165) is 27.9 Å². The van der Waals surface area contributed by atoms with Crippen molar-refractivity contribution in [2.45, 2.75) is 13.8 Å². The van der Waals surface area contributed by atoms with Crippen LogP contribution in [0.3, 0.4) is 0 Å². The second-order valence-corrected chi connectivity index (χ2v) is 5.59. The zero-order valence-corrected chi connectivity index (χ0v) is 13.4. The van der Waals surface area contributed by atoms with Crippen LogP contribution in [0.2, 0.25) is 5.02 Å². The second-order valence-electron chi connectivity index (χ2n) is 5.15. The number of rotatable bonds is 3. The number of hydrogen-bond donors (Lipinski definition) is 1. The van der Waals surface area contributed by atoms with Gasteiger partial charge in [0, 0.05) is 17.5 Å². The summed E-state index contributed by atoms with van der Waals surface area (Å²) in [7, 11) is 1.89. The first-order chi connectivity index (χ1) is 10.5. The summed E-state index contributed by atoms with van der Waals surface area (Å²) in [5.74, 6) is 0.693. The van der Waals surface area contributed by atoms with Crippen molar-refractivity contribution in [1.29, 1.82) is 0 Å². The molecule has 2 aromatic heterocycles. The van der Waals surface area contributed by atoms with Gasteiger partial charge in [0.05, 0.1) is 11.9 Å². The Bertz CT molecular complexity index is 849. The third-order valence-corrected chi connectivity index (χ3v) is 3.68. The Hall–Kier alpha value is -2.40. The van der Waals surface area contributed by atoms with Crippen molar-refractivity contribution < 1.29 is 0 Å². The van der Waals surface area contributed by atoms with Crippen LogP contribution in [0.1, 0.15) is 16.8 Å². The molecule has 1 N–H and O–H groups in total. The number of nitrogens with one attached hydrogen (secondary N) is 1. The standard InChI is InChI=1S/C16H16ClN5/c1-10-8-14(19-16-15(10)11(2)21-22(16)3)20-18-9-12-4-6-13(17)7-5-12/h4-9H,1-3H3,(H,19,20). The molecule has 112 valence electrons. The van der Waals surface area contributed by atoms with Crippen LogP contribution >= 0.6 is 11.6 Å². The maximum Gasteiger partial charge on any atom is 0.160 e. The van der Waals surface area contributed by atoms with E-state index in [1.54, 1.807) is 10.9 Å². The lowest BCUT2D eigenvalue weighted by molar-refractivity contribution is 0.774. The molecule has 0 saturated heterocycles. The van der Waals surface area contributed by atoms with Crippen LogP contribution in [0.4, 0.5) is 5.82 Å². The van der Waals surface area contributed by atoms with Gasteiger partial charge in [-0.05, 0) is 43.2 Å². The molecular formula is C16H16ClN5. The van der Waals surface area contributed by atoms with Gasteiger partial charge in [-0.3, -0.25) is 10.1 Å². The van der Waals surface area contributed by atoms with E-state index in [4.69, 9.17) is 11.6 Å². The Kier molecular flexibility index (Phi) is 3.81. The van der Waals surface area contributed by atoms with Crippen LogP contribution in [-0.4, -0.2) is 21.0 Å². The first kappa shape index (κ1) is 14.5. The van der Waals surface area contributed by atoms with E-state index in [1.807, 2.05) is 51.2 Å². The van der Waals surface area contributed by atoms with Gasteiger partial charge in [0.15, 0.2) is 5.65 Å². The Morgan fingerprint density at radius 3 is 2.68 bits per heavy atom. The summed E-state index contributed by atoms with van der Waals surface area (Å²) < 4.78 is 1.78. The van der Waals surface area contributed by atoms with E-state index in [0.29, 0.717) is 10.8 Å². The molecular weight excluding hydrogens is 298 g/mol. The number of hydrazone groups is 1. The van der Waals surface area contributed by atoms with Gasteiger partial charge < -0.3 is 0 Å². The summed E-state index contributed by atoms with van der Waals surface area (Å²) in [4.78, 5) is 4.56. The van der Waals surface area contributed by atoms with E-state index in [9.17, 15) is 0 Å². The number of pyridine rings is 1. The van der Waals surface area contributed by atoms with Crippen molar-refractivity contribution in [3.63, 3.8) is 0 Å². The van der Waals surface area contributed by atoms with E-state index in [2.05, 4.69) is 20.6 Å². The summed E-state index contributed by atoms with van der Waals surface area (Å²) in [6, 6.07) is 9.43. The van der Waals surface area contributed by atoms with Crippen LogP contribution in [-0.2, 0) is 7.05 Å². The van der Waals surface area contributed by atoms with Crippen molar-refractivity contribution >= 4 is 34.7 Å². The van der Waals surface area contributed by atoms with Crippen molar-refractivity contribution in [1.82, 2.24) is 14.8 Å². The minimum atomic E-state index is 0.693. The third kappa shape index (κ3) is 2.80. The Labute approximate surface area is 133 Å². The summed E-state index contributed by atoms with van der Waals surface area (Å²) >= 11 is 5.85. The number of nitrogens with zero attached hydrogens (tertiary/aromatic N) is 4. The van der Waals surface area contributed by atoms with Gasteiger partial charge in [-0.2, -0.15) is 10.2 Å². The largest absolute Gasteiger partial charge is 0.261 e. The molecule has 1 aromatic carbocycles. The SMILES string of the molecule is Cc1cc(NN=Cc2ccc(Cl)cc2)nc2c1c(C)nn2C. The molecule has 3 rings (SSSR count). The molecule has 0 radical (unpaired) electrons. The Morgan fingerprint density at radius 2 is 1.95 bits per heavy atom. The van der Waals surface area contributed by atoms with E-state index in [1.165, 1.54) is 0 Å². The van der Waals surface area contributed by atoms with Gasteiger partial charge in [0.1, 0.15) is 5.82 Å². The highest BCUT2D eigenvalue weighted by Crippen LogP contribution is 2.22. The average molecular weight is 314 g/mol. The molecule has 6 heteroatoms. The van der Waals surface area contributed by atoms with Gasteiger partial charge in [-0.1, -0.05) is 23.7 Å². The monoisotopic (exact) mass is 313 g/mol. The fourth-order valence-corrected chi connectivity index (χ4v) is 2.56. The normalized spacial score (nSPS) is 11.5. The van der Waals surface area contributed by atoms with Gasteiger partial charge in [0.25, 0.3) is 0 Å². The summed E-state index contributed by atoms with van der Waals surface area (Å²) in [5, 5.41) is 10.4. The molecule has 0 aliphatic rings. The number of aromatic nitrogens is 3. The van der Waals surface area contributed by atoms with Crippen LogP contribution in [0.15, 0.2) is 35.4 Å². The smallest absolute Gasteiger partial charge is 0.160 e. The highest BCUT2D eigenvalue weighted by atomic mass is 35.5. The molecule has 0 saturated carbocycles. The fourth-order valence-electron chi connectivity index (χ4n) is 2.44. The van der Waals surface area contributed by atoms with Gasteiger partial charge in [-0.15, -0.1) is 0 Å². The van der Waals surface area contributed by atoms with E-state index in [-0.39, 0.29) is 0 Å². The summed E-state index contributed by atoms with van der Waals surface area (Å²) in [6.45, 7) is 4.04. The predicted molar refractivity (Wildman–Crippen MR) is 90.7 cm³/mol. The minimum absolute atomic E-state index is 0.693. The molecule has 0 amide bonds. The Morgan fingerprint density at radius 1 is 1.23 bits per heavy atom. The number of fused-ring (bicyclic) bond motifs is 1. The molecule has 0 aliphatic heterocycles. The summed E-state index contributed by atoms with van der Waals surface area (Å²) in [6.07, 6.45) is 1.73. The molecule has 0 aliphatic carbocycles. The van der Waals surface area contributed by atoms with Gasteiger partial charge in [0.2, 0.25) is 0 Å². The molecule has 22 heavy (non-hydrogen) atoms. The van der Waals surface area contributed by atoms with Gasteiger partial charge in [-0.25, -0.2) is 4.98 Å². The number of hydrogen-bond acceptors (Lipinski definition) is 4. The highest BCUT2D eigenvalue weighted by Gasteiger charge is 2.10. The summed E-state index contributed by atoms with van der Waals surface area (Å²) in [5.41, 5.74) is 6.88. The molecule has 0 bridgehead atoms. The number of benzene rings is 1. The van der Waals surface area contributed by atoms with Crippen molar-refractivity contribution in [3.8, 4) is 0 Å².